The van der Waals surface area contributed by atoms with Crippen LogP contribution in [0, 0.1) is 18.3 Å². The molecule has 4 rings (SSSR count). The van der Waals surface area contributed by atoms with Crippen LogP contribution in [0.2, 0.25) is 0 Å². The van der Waals surface area contributed by atoms with Gasteiger partial charge in [0.15, 0.2) is 5.82 Å². The number of pyridine rings is 1. The first kappa shape index (κ1) is 18.0. The van der Waals surface area contributed by atoms with E-state index in [1.807, 2.05) is 0 Å². The largest absolute Gasteiger partial charge is 0.397 e. The maximum atomic E-state index is 12.6. The molecule has 1 amide bonds. The Hall–Kier alpha value is -2.41. The number of nitrogen functional groups attached to an aromatic ring is 1. The van der Waals surface area contributed by atoms with Gasteiger partial charge in [-0.05, 0) is 49.1 Å². The molecular formula is C20H24N4O2S. The molecule has 3 aromatic heterocycles. The molecule has 1 aliphatic carbocycles. The lowest BCUT2D eigenvalue weighted by Gasteiger charge is -2.34. The van der Waals surface area contributed by atoms with Crippen LogP contribution in [-0.4, -0.2) is 16.0 Å². The Morgan fingerprint density at radius 2 is 2.15 bits per heavy atom. The van der Waals surface area contributed by atoms with E-state index in [-0.39, 0.29) is 11.3 Å². The number of nitrogens with one attached hydrogen (secondary N) is 1. The number of anilines is 2. The van der Waals surface area contributed by atoms with Crippen molar-refractivity contribution >= 4 is 39.0 Å². The monoisotopic (exact) mass is 384 g/mol. The van der Waals surface area contributed by atoms with Gasteiger partial charge in [0.2, 0.25) is 0 Å². The van der Waals surface area contributed by atoms with Crippen molar-refractivity contribution in [2.24, 2.45) is 11.3 Å². The number of fused-ring (bicyclic) bond motifs is 2. The lowest BCUT2D eigenvalue weighted by atomic mass is 9.71. The second kappa shape index (κ2) is 6.34. The van der Waals surface area contributed by atoms with Crippen LogP contribution in [0.3, 0.4) is 0 Å². The van der Waals surface area contributed by atoms with Crippen molar-refractivity contribution in [1.82, 2.24) is 10.1 Å². The zero-order valence-electron chi connectivity index (χ0n) is 16.0. The molecule has 7 heteroatoms. The van der Waals surface area contributed by atoms with Gasteiger partial charge in [-0.15, -0.1) is 11.3 Å². The first-order valence-electron chi connectivity index (χ1n) is 9.18. The molecule has 0 bridgehead atoms. The van der Waals surface area contributed by atoms with Gasteiger partial charge in [0.1, 0.15) is 15.5 Å². The van der Waals surface area contributed by atoms with Crippen molar-refractivity contribution < 1.29 is 9.32 Å². The zero-order chi connectivity index (χ0) is 19.3. The summed E-state index contributed by atoms with van der Waals surface area (Å²) in [6, 6.07) is 3.81. The van der Waals surface area contributed by atoms with Crippen molar-refractivity contribution in [2.45, 2.75) is 47.0 Å². The first-order valence-corrected chi connectivity index (χ1v) is 9.99. The normalized spacial score (nSPS) is 17.1. The average molecular weight is 385 g/mol. The molecule has 27 heavy (non-hydrogen) atoms. The van der Waals surface area contributed by atoms with Crippen molar-refractivity contribution in [1.29, 1.82) is 0 Å². The van der Waals surface area contributed by atoms with E-state index in [2.05, 4.69) is 37.3 Å². The third kappa shape index (κ3) is 3.32. The van der Waals surface area contributed by atoms with Crippen LogP contribution in [0.25, 0.3) is 10.2 Å². The number of hydrogen-bond donors (Lipinski definition) is 2. The predicted molar refractivity (Wildman–Crippen MR) is 108 cm³/mol. The Bertz CT molecular complexity index is 1030. The van der Waals surface area contributed by atoms with Crippen LogP contribution in [0.15, 0.2) is 16.7 Å². The van der Waals surface area contributed by atoms with Gasteiger partial charge >= 0.3 is 0 Å². The summed E-state index contributed by atoms with van der Waals surface area (Å²) in [5.74, 6) is 1.36. The number of aryl methyl sites for hydroxylation is 2. The molecule has 0 radical (unpaired) electrons. The molecule has 0 aromatic carbocycles. The number of amides is 1. The number of thiophene rings is 1. The van der Waals surface area contributed by atoms with Gasteiger partial charge in [-0.1, -0.05) is 25.9 Å². The molecule has 1 aliphatic rings. The summed E-state index contributed by atoms with van der Waals surface area (Å²) in [7, 11) is 0. The molecule has 0 unspecified atom stereocenters. The van der Waals surface area contributed by atoms with E-state index in [1.165, 1.54) is 16.9 Å². The van der Waals surface area contributed by atoms with Crippen molar-refractivity contribution in [3.63, 3.8) is 0 Å². The molecular weight excluding hydrogens is 360 g/mol. The number of hydrogen-bond acceptors (Lipinski definition) is 6. The van der Waals surface area contributed by atoms with Gasteiger partial charge in [0.25, 0.3) is 5.91 Å². The molecule has 0 saturated heterocycles. The maximum absolute atomic E-state index is 12.6. The summed E-state index contributed by atoms with van der Waals surface area (Å²) >= 11 is 1.33. The van der Waals surface area contributed by atoms with E-state index in [1.54, 1.807) is 13.0 Å². The standard InChI is InChI=1S/C20H24N4O2S/c1-10-7-15(24-26-10)23-18(25)17-16(21)13-9-11-8-12(20(2,3)4)5-6-14(11)22-19(13)27-17/h7,9,12H,5-6,8,21H2,1-4H3,(H,23,24,25)/t12-/m0/s1. The molecule has 3 N–H and O–H groups in total. The second-order valence-corrected chi connectivity index (χ2v) is 9.37. The third-order valence-corrected chi connectivity index (χ3v) is 6.50. The van der Waals surface area contributed by atoms with E-state index >= 15 is 0 Å². The van der Waals surface area contributed by atoms with Crippen LogP contribution < -0.4 is 11.1 Å². The van der Waals surface area contributed by atoms with Crippen LogP contribution in [-0.2, 0) is 12.8 Å². The number of carbonyl (C=O) groups is 1. The molecule has 0 aliphatic heterocycles. The van der Waals surface area contributed by atoms with Crippen LogP contribution in [0.1, 0.15) is 53.9 Å². The van der Waals surface area contributed by atoms with E-state index in [9.17, 15) is 4.79 Å². The highest BCUT2D eigenvalue weighted by Gasteiger charge is 2.30. The molecule has 0 fully saturated rings. The van der Waals surface area contributed by atoms with Crippen LogP contribution in [0.5, 0.6) is 0 Å². The smallest absolute Gasteiger partial charge is 0.269 e. The predicted octanol–water partition coefficient (Wildman–Crippen LogP) is 4.58. The number of nitrogens with zero attached hydrogens (tertiary/aromatic N) is 2. The van der Waals surface area contributed by atoms with E-state index in [0.29, 0.717) is 28.1 Å². The summed E-state index contributed by atoms with van der Waals surface area (Å²) in [4.78, 5) is 18.7. The van der Waals surface area contributed by atoms with Gasteiger partial charge < -0.3 is 15.6 Å². The number of rotatable bonds is 2. The SMILES string of the molecule is Cc1cc(NC(=O)c2sc3nc4c(cc3c2N)C[C@@H](C(C)(C)C)CC4)no1. The van der Waals surface area contributed by atoms with E-state index in [4.69, 9.17) is 15.2 Å². The molecule has 0 spiro atoms. The Kier molecular flexibility index (Phi) is 4.22. The second-order valence-electron chi connectivity index (χ2n) is 8.37. The molecule has 142 valence electrons. The summed E-state index contributed by atoms with van der Waals surface area (Å²) in [5, 5.41) is 7.41. The molecule has 1 atom stereocenters. The average Bonchev–Trinajstić information content (AvgIpc) is 3.15. The topological polar surface area (TPSA) is 94.0 Å². The van der Waals surface area contributed by atoms with Crippen molar-refractivity contribution in [2.75, 3.05) is 11.1 Å². The minimum atomic E-state index is -0.283. The van der Waals surface area contributed by atoms with Gasteiger partial charge in [-0.2, -0.15) is 0 Å². The number of nitrogens with two attached hydrogens (primary N) is 1. The minimum Gasteiger partial charge on any atom is -0.397 e. The Morgan fingerprint density at radius 3 is 2.81 bits per heavy atom. The summed E-state index contributed by atoms with van der Waals surface area (Å²) < 4.78 is 4.99. The Labute approximate surface area is 162 Å². The molecule has 3 heterocycles. The summed E-state index contributed by atoms with van der Waals surface area (Å²) in [6.07, 6.45) is 3.14. The van der Waals surface area contributed by atoms with Crippen LogP contribution >= 0.6 is 11.3 Å². The summed E-state index contributed by atoms with van der Waals surface area (Å²) in [6.45, 7) is 8.65. The lowest BCUT2D eigenvalue weighted by Crippen LogP contribution is -2.27. The first-order chi connectivity index (χ1) is 12.7. The van der Waals surface area contributed by atoms with Gasteiger partial charge in [0, 0.05) is 17.1 Å². The fraction of sp³-hybridized carbons (Fsp3) is 0.450. The molecule has 3 aromatic rings. The third-order valence-electron chi connectivity index (χ3n) is 5.39. The zero-order valence-corrected chi connectivity index (χ0v) is 16.9. The fourth-order valence-corrected chi connectivity index (χ4v) is 4.69. The van der Waals surface area contributed by atoms with Crippen molar-refractivity contribution in [3.05, 3.63) is 34.0 Å². The van der Waals surface area contributed by atoms with E-state index < -0.39 is 0 Å². The Morgan fingerprint density at radius 1 is 1.37 bits per heavy atom. The summed E-state index contributed by atoms with van der Waals surface area (Å²) in [5.41, 5.74) is 9.48. The number of aromatic nitrogens is 2. The quantitative estimate of drug-likeness (QED) is 0.674. The Balaban J connectivity index is 1.67. The van der Waals surface area contributed by atoms with Crippen LogP contribution in [0.4, 0.5) is 11.5 Å². The van der Waals surface area contributed by atoms with Crippen molar-refractivity contribution in [3.8, 4) is 0 Å². The lowest BCUT2D eigenvalue weighted by molar-refractivity contribution is 0.103. The highest BCUT2D eigenvalue weighted by atomic mass is 32.1. The molecule has 0 saturated carbocycles. The number of carbonyl (C=O) groups excluding carboxylic acids is 1. The van der Waals surface area contributed by atoms with Gasteiger partial charge in [-0.3, -0.25) is 4.79 Å². The van der Waals surface area contributed by atoms with Gasteiger partial charge in [0.05, 0.1) is 5.69 Å². The fourth-order valence-electron chi connectivity index (χ4n) is 3.70. The van der Waals surface area contributed by atoms with E-state index in [0.717, 1.165) is 35.2 Å². The van der Waals surface area contributed by atoms with Gasteiger partial charge in [-0.25, -0.2) is 4.98 Å². The highest BCUT2D eigenvalue weighted by molar-refractivity contribution is 7.21. The highest BCUT2D eigenvalue weighted by Crippen LogP contribution is 2.40. The minimum absolute atomic E-state index is 0.271. The maximum Gasteiger partial charge on any atom is 0.269 e. The molecule has 6 nitrogen and oxygen atoms in total.